The molecule has 0 atom stereocenters. The van der Waals surface area contributed by atoms with Crippen LogP contribution in [0.5, 0.6) is 5.75 Å². The molecular formula is C16H18O. The maximum absolute atomic E-state index is 5.38. The monoisotopic (exact) mass is 226 g/mol. The van der Waals surface area contributed by atoms with Gasteiger partial charge in [-0.2, -0.15) is 0 Å². The van der Waals surface area contributed by atoms with Crippen molar-refractivity contribution in [1.29, 1.82) is 0 Å². The molecule has 0 N–H and O–H groups in total. The van der Waals surface area contributed by atoms with Crippen LogP contribution < -0.4 is 4.74 Å². The van der Waals surface area contributed by atoms with E-state index in [1.807, 2.05) is 12.1 Å². The molecule has 0 bridgehead atoms. The fourth-order valence-electron chi connectivity index (χ4n) is 2.10. The third-order valence-corrected chi connectivity index (χ3v) is 3.07. The van der Waals surface area contributed by atoms with Crippen molar-refractivity contribution >= 4 is 0 Å². The van der Waals surface area contributed by atoms with E-state index in [1.165, 1.54) is 22.3 Å². The van der Waals surface area contributed by atoms with Crippen LogP contribution in [0.1, 0.15) is 22.3 Å². The Morgan fingerprint density at radius 1 is 0.941 bits per heavy atom. The van der Waals surface area contributed by atoms with Gasteiger partial charge in [0.2, 0.25) is 0 Å². The minimum atomic E-state index is 0.927. The Morgan fingerprint density at radius 3 is 2.41 bits per heavy atom. The average Bonchev–Trinajstić information content (AvgIpc) is 2.33. The smallest absolute Gasteiger partial charge is 0.122 e. The summed E-state index contributed by atoms with van der Waals surface area (Å²) in [6.07, 6.45) is 0.927. The second-order valence-corrected chi connectivity index (χ2v) is 4.42. The van der Waals surface area contributed by atoms with Crippen molar-refractivity contribution < 1.29 is 4.74 Å². The summed E-state index contributed by atoms with van der Waals surface area (Å²) in [5, 5.41) is 0. The first kappa shape index (κ1) is 11.7. The van der Waals surface area contributed by atoms with Gasteiger partial charge >= 0.3 is 0 Å². The largest absolute Gasteiger partial charge is 0.496 e. The molecule has 0 fully saturated rings. The van der Waals surface area contributed by atoms with Gasteiger partial charge in [0, 0.05) is 6.42 Å². The topological polar surface area (TPSA) is 9.23 Å². The number of para-hydroxylation sites is 1. The third kappa shape index (κ3) is 2.68. The molecule has 0 spiro atoms. The number of benzene rings is 2. The lowest BCUT2D eigenvalue weighted by Crippen LogP contribution is -1.95. The highest BCUT2D eigenvalue weighted by molar-refractivity contribution is 5.40. The summed E-state index contributed by atoms with van der Waals surface area (Å²) in [7, 11) is 1.72. The highest BCUT2D eigenvalue weighted by atomic mass is 16.5. The normalized spacial score (nSPS) is 10.3. The Balaban J connectivity index is 2.31. The molecule has 0 aliphatic heterocycles. The van der Waals surface area contributed by atoms with E-state index in [2.05, 4.69) is 44.2 Å². The molecule has 0 aliphatic carbocycles. The fourth-order valence-corrected chi connectivity index (χ4v) is 2.10. The van der Waals surface area contributed by atoms with E-state index >= 15 is 0 Å². The summed E-state index contributed by atoms with van der Waals surface area (Å²) in [6, 6.07) is 14.8. The number of ether oxygens (including phenoxy) is 1. The molecule has 0 aromatic heterocycles. The molecule has 2 rings (SSSR count). The number of aryl methyl sites for hydroxylation is 2. The van der Waals surface area contributed by atoms with E-state index in [4.69, 9.17) is 4.74 Å². The predicted octanol–water partition coefficient (Wildman–Crippen LogP) is 3.90. The Hall–Kier alpha value is -1.76. The van der Waals surface area contributed by atoms with Crippen LogP contribution >= 0.6 is 0 Å². The van der Waals surface area contributed by atoms with Gasteiger partial charge < -0.3 is 4.74 Å². The molecule has 88 valence electrons. The Bertz CT molecular complexity index is 515. The molecule has 0 unspecified atom stereocenters. The van der Waals surface area contributed by atoms with Gasteiger partial charge in [-0.1, -0.05) is 42.0 Å². The van der Waals surface area contributed by atoms with Crippen LogP contribution in [0.15, 0.2) is 42.5 Å². The zero-order valence-electron chi connectivity index (χ0n) is 10.7. The number of hydrogen-bond acceptors (Lipinski definition) is 1. The summed E-state index contributed by atoms with van der Waals surface area (Å²) in [6.45, 7) is 4.29. The fraction of sp³-hybridized carbons (Fsp3) is 0.250. The first-order chi connectivity index (χ1) is 8.20. The first-order valence-electron chi connectivity index (χ1n) is 5.88. The maximum Gasteiger partial charge on any atom is 0.122 e. The summed E-state index contributed by atoms with van der Waals surface area (Å²) in [5.74, 6) is 0.965. The van der Waals surface area contributed by atoms with Gasteiger partial charge in [0.25, 0.3) is 0 Å². The summed E-state index contributed by atoms with van der Waals surface area (Å²) in [4.78, 5) is 0. The van der Waals surface area contributed by atoms with Crippen molar-refractivity contribution in [2.24, 2.45) is 0 Å². The highest BCUT2D eigenvalue weighted by Crippen LogP contribution is 2.22. The van der Waals surface area contributed by atoms with E-state index in [-0.39, 0.29) is 0 Å². The van der Waals surface area contributed by atoms with Crippen LogP contribution in [0.3, 0.4) is 0 Å². The minimum Gasteiger partial charge on any atom is -0.496 e. The van der Waals surface area contributed by atoms with Crippen molar-refractivity contribution in [2.75, 3.05) is 7.11 Å². The molecule has 1 nitrogen and oxygen atoms in total. The van der Waals surface area contributed by atoms with Gasteiger partial charge in [-0.15, -0.1) is 0 Å². The third-order valence-electron chi connectivity index (χ3n) is 3.07. The van der Waals surface area contributed by atoms with Gasteiger partial charge in [-0.25, -0.2) is 0 Å². The molecule has 17 heavy (non-hydrogen) atoms. The van der Waals surface area contributed by atoms with Crippen LogP contribution in [0.4, 0.5) is 0 Å². The summed E-state index contributed by atoms with van der Waals surface area (Å²) >= 11 is 0. The number of rotatable bonds is 3. The lowest BCUT2D eigenvalue weighted by molar-refractivity contribution is 0.410. The zero-order chi connectivity index (χ0) is 12.3. The van der Waals surface area contributed by atoms with Crippen LogP contribution in [0, 0.1) is 13.8 Å². The average molecular weight is 226 g/mol. The Morgan fingerprint density at radius 2 is 1.71 bits per heavy atom. The lowest BCUT2D eigenvalue weighted by Gasteiger charge is -2.10. The van der Waals surface area contributed by atoms with Gasteiger partial charge in [0.1, 0.15) is 5.75 Å². The molecular weight excluding hydrogens is 208 g/mol. The Labute approximate surface area is 103 Å². The maximum atomic E-state index is 5.38. The van der Waals surface area contributed by atoms with Gasteiger partial charge in [-0.3, -0.25) is 0 Å². The standard InChI is InChI=1S/C16H18O/c1-12-8-9-14(13(2)10-12)11-15-6-4-5-7-16(15)17-3/h4-10H,11H2,1-3H3. The van der Waals surface area contributed by atoms with Crippen molar-refractivity contribution in [3.8, 4) is 5.75 Å². The lowest BCUT2D eigenvalue weighted by atomic mass is 9.98. The van der Waals surface area contributed by atoms with Gasteiger partial charge in [-0.05, 0) is 36.6 Å². The molecule has 0 radical (unpaired) electrons. The van der Waals surface area contributed by atoms with E-state index in [0.717, 1.165) is 12.2 Å². The molecule has 2 aromatic rings. The summed E-state index contributed by atoms with van der Waals surface area (Å²) in [5.41, 5.74) is 5.25. The van der Waals surface area contributed by atoms with E-state index in [1.54, 1.807) is 7.11 Å². The van der Waals surface area contributed by atoms with E-state index in [0.29, 0.717) is 0 Å². The van der Waals surface area contributed by atoms with Crippen LogP contribution in [-0.4, -0.2) is 7.11 Å². The van der Waals surface area contributed by atoms with Gasteiger partial charge in [0.15, 0.2) is 0 Å². The van der Waals surface area contributed by atoms with Gasteiger partial charge in [0.05, 0.1) is 7.11 Å². The van der Waals surface area contributed by atoms with Crippen LogP contribution in [0.25, 0.3) is 0 Å². The predicted molar refractivity (Wildman–Crippen MR) is 71.7 cm³/mol. The number of hydrogen-bond donors (Lipinski definition) is 0. The first-order valence-corrected chi connectivity index (χ1v) is 5.88. The van der Waals surface area contributed by atoms with Crippen molar-refractivity contribution in [3.05, 3.63) is 64.7 Å². The molecule has 2 aromatic carbocycles. The molecule has 0 heterocycles. The minimum absolute atomic E-state index is 0.927. The van der Waals surface area contributed by atoms with E-state index in [9.17, 15) is 0 Å². The quantitative estimate of drug-likeness (QED) is 0.771. The molecule has 0 aliphatic rings. The molecule has 0 saturated carbocycles. The van der Waals surface area contributed by atoms with Crippen molar-refractivity contribution in [1.82, 2.24) is 0 Å². The van der Waals surface area contributed by atoms with Crippen LogP contribution in [0.2, 0.25) is 0 Å². The molecule has 0 amide bonds. The van der Waals surface area contributed by atoms with Crippen molar-refractivity contribution in [3.63, 3.8) is 0 Å². The number of methoxy groups -OCH3 is 1. The Kier molecular flexibility index (Phi) is 3.48. The van der Waals surface area contributed by atoms with Crippen molar-refractivity contribution in [2.45, 2.75) is 20.3 Å². The molecule has 0 saturated heterocycles. The molecule has 1 heteroatoms. The highest BCUT2D eigenvalue weighted by Gasteiger charge is 2.05. The van der Waals surface area contributed by atoms with Crippen LogP contribution in [-0.2, 0) is 6.42 Å². The SMILES string of the molecule is COc1ccccc1Cc1ccc(C)cc1C. The second-order valence-electron chi connectivity index (χ2n) is 4.42. The van der Waals surface area contributed by atoms with E-state index < -0.39 is 0 Å². The summed E-state index contributed by atoms with van der Waals surface area (Å²) < 4.78 is 5.38. The zero-order valence-corrected chi connectivity index (χ0v) is 10.7. The second kappa shape index (κ2) is 5.05.